The number of aliphatic hydroxyl groups excluding tert-OH is 1. The maximum absolute atomic E-state index is 12.5. The molecule has 0 aliphatic heterocycles. The van der Waals surface area contributed by atoms with Crippen LogP contribution in [0.3, 0.4) is 0 Å². The van der Waals surface area contributed by atoms with E-state index in [-0.39, 0.29) is 36.2 Å². The minimum Gasteiger partial charge on any atom is -0.478 e. The van der Waals surface area contributed by atoms with Gasteiger partial charge in [-0.1, -0.05) is 20.8 Å². The van der Waals surface area contributed by atoms with E-state index in [9.17, 15) is 19.8 Å². The summed E-state index contributed by atoms with van der Waals surface area (Å²) in [6.07, 6.45) is 6.28. The van der Waals surface area contributed by atoms with E-state index >= 15 is 0 Å². The molecule has 0 heterocycles. The Kier molecular flexibility index (Phi) is 5.31. The lowest BCUT2D eigenvalue weighted by Gasteiger charge is -2.59. The third-order valence-electron chi connectivity index (χ3n) is 8.84. The van der Waals surface area contributed by atoms with Crippen molar-refractivity contribution < 1.29 is 29.3 Å². The first kappa shape index (κ1) is 21.5. The number of fused-ring (bicyclic) bond motifs is 5. The lowest BCUT2D eigenvalue weighted by atomic mass is 9.46. The fourth-order valence-electron chi connectivity index (χ4n) is 7.48. The lowest BCUT2D eigenvalue weighted by Crippen LogP contribution is -2.62. The molecule has 4 aliphatic carbocycles. The van der Waals surface area contributed by atoms with Gasteiger partial charge in [-0.3, -0.25) is 0 Å². The van der Waals surface area contributed by atoms with Crippen LogP contribution >= 0.6 is 0 Å². The molecule has 4 rings (SSSR count). The minimum absolute atomic E-state index is 0.0882. The third-order valence-corrected chi connectivity index (χ3v) is 8.84. The zero-order valence-electron chi connectivity index (χ0n) is 18.3. The molecule has 7 atom stereocenters. The number of aliphatic carboxylic acids is 1. The molecule has 30 heavy (non-hydrogen) atoms. The molecule has 0 aromatic rings. The largest absolute Gasteiger partial charge is 0.509 e. The zero-order valence-corrected chi connectivity index (χ0v) is 18.3. The van der Waals surface area contributed by atoms with Gasteiger partial charge >= 0.3 is 12.1 Å². The van der Waals surface area contributed by atoms with Gasteiger partial charge in [-0.05, 0) is 80.8 Å². The van der Waals surface area contributed by atoms with Crippen LogP contribution < -0.4 is 0 Å². The highest BCUT2D eigenvalue weighted by Gasteiger charge is 2.71. The molecule has 2 N–H and O–H groups in total. The molecule has 3 saturated carbocycles. The van der Waals surface area contributed by atoms with Crippen LogP contribution in [-0.4, -0.2) is 40.6 Å². The molecule has 0 radical (unpaired) electrons. The molecular formula is C24H34O6. The standard InChI is InChI=1S/C24H34O6/c1-4-13-29-21(28)30-24(20(26)27)12-10-17-16-9-8-15-7-5-6-11-22(15,2)19(16)18(25)14-23(17,24)3/h5,16-19,25H,4,6,8-14H2,1-3H3,(H,26,27)/t16-,17-,18?,19-,22-,23-,24?/m0/s1. The second-order valence-electron chi connectivity index (χ2n) is 10.2. The molecule has 166 valence electrons. The van der Waals surface area contributed by atoms with Crippen LogP contribution in [-0.2, 0) is 14.3 Å². The number of carbonyl (C=O) groups excluding carboxylic acids is 1. The van der Waals surface area contributed by atoms with Gasteiger partial charge in [-0.25, -0.2) is 9.59 Å². The molecule has 2 unspecified atom stereocenters. The van der Waals surface area contributed by atoms with Gasteiger partial charge < -0.3 is 19.7 Å². The molecule has 3 fully saturated rings. The number of carboxylic acid groups (broad SMARTS) is 1. The van der Waals surface area contributed by atoms with E-state index in [1.54, 1.807) is 0 Å². The van der Waals surface area contributed by atoms with Gasteiger partial charge in [0, 0.05) is 10.8 Å². The van der Waals surface area contributed by atoms with Crippen LogP contribution in [0.25, 0.3) is 0 Å². The first-order valence-corrected chi connectivity index (χ1v) is 11.4. The molecule has 6 heteroatoms. The Balaban J connectivity index is 1.69. The molecular weight excluding hydrogens is 384 g/mol. The Morgan fingerprint density at radius 1 is 1.27 bits per heavy atom. The van der Waals surface area contributed by atoms with Crippen LogP contribution in [0.1, 0.15) is 72.1 Å². The fourth-order valence-corrected chi connectivity index (χ4v) is 7.48. The smallest absolute Gasteiger partial charge is 0.478 e. The highest BCUT2D eigenvalue weighted by atomic mass is 16.7. The Bertz CT molecular complexity index is 798. The average Bonchev–Trinajstić information content (AvgIpc) is 2.98. The number of allylic oxidation sites excluding steroid dienone is 1. The van der Waals surface area contributed by atoms with Gasteiger partial charge in [0.25, 0.3) is 0 Å². The lowest BCUT2D eigenvalue weighted by molar-refractivity contribution is -0.198. The molecule has 0 bridgehead atoms. The summed E-state index contributed by atoms with van der Waals surface area (Å²) < 4.78 is 10.7. The summed E-state index contributed by atoms with van der Waals surface area (Å²) in [4.78, 5) is 24.8. The second kappa shape index (κ2) is 7.42. The van der Waals surface area contributed by atoms with Gasteiger partial charge in [0.15, 0.2) is 0 Å². The Morgan fingerprint density at radius 3 is 2.73 bits per heavy atom. The quantitative estimate of drug-likeness (QED) is 0.517. The fraction of sp³-hybridized carbons (Fsp3) is 0.792. The highest BCUT2D eigenvalue weighted by molar-refractivity contribution is 5.82. The Labute approximate surface area is 178 Å². The normalized spacial score (nSPS) is 44.3. The van der Waals surface area contributed by atoms with Crippen LogP contribution in [0.2, 0.25) is 0 Å². The first-order chi connectivity index (χ1) is 14.2. The second-order valence-corrected chi connectivity index (χ2v) is 10.2. The van der Waals surface area contributed by atoms with Gasteiger partial charge in [0.05, 0.1) is 12.7 Å². The van der Waals surface area contributed by atoms with Crippen LogP contribution in [0.5, 0.6) is 0 Å². The van der Waals surface area contributed by atoms with Crippen molar-refractivity contribution in [1.29, 1.82) is 0 Å². The van der Waals surface area contributed by atoms with Crippen molar-refractivity contribution in [1.82, 2.24) is 0 Å². The predicted molar refractivity (Wildman–Crippen MR) is 110 cm³/mol. The van der Waals surface area contributed by atoms with Gasteiger partial charge in [-0.15, -0.1) is 5.73 Å². The number of aliphatic hydroxyl groups is 1. The zero-order chi connectivity index (χ0) is 21.7. The van der Waals surface area contributed by atoms with Crippen LogP contribution in [0.15, 0.2) is 17.4 Å². The summed E-state index contributed by atoms with van der Waals surface area (Å²) in [7, 11) is 0. The summed E-state index contributed by atoms with van der Waals surface area (Å²) >= 11 is 0. The summed E-state index contributed by atoms with van der Waals surface area (Å²) in [5.41, 5.74) is 2.20. The molecule has 0 spiro atoms. The highest BCUT2D eigenvalue weighted by Crippen LogP contribution is 2.68. The predicted octanol–water partition coefficient (Wildman–Crippen LogP) is 4.46. The van der Waals surface area contributed by atoms with E-state index in [0.717, 1.165) is 25.7 Å². The van der Waals surface area contributed by atoms with Gasteiger partial charge in [0.1, 0.15) is 0 Å². The molecule has 0 saturated heterocycles. The minimum atomic E-state index is -1.65. The topological polar surface area (TPSA) is 93.1 Å². The summed E-state index contributed by atoms with van der Waals surface area (Å²) in [5.74, 6) is -0.735. The van der Waals surface area contributed by atoms with E-state index in [4.69, 9.17) is 9.47 Å². The number of carboxylic acids is 1. The molecule has 6 nitrogen and oxygen atoms in total. The number of rotatable bonds is 4. The molecule has 0 aromatic heterocycles. The van der Waals surface area contributed by atoms with E-state index in [1.807, 2.05) is 13.8 Å². The monoisotopic (exact) mass is 418 g/mol. The van der Waals surface area contributed by atoms with Crippen LogP contribution in [0, 0.1) is 28.6 Å². The maximum atomic E-state index is 12.5. The molecule has 4 aliphatic rings. The average molecular weight is 419 g/mol. The third kappa shape index (κ3) is 2.87. The number of hydrogen-bond donors (Lipinski definition) is 2. The van der Waals surface area contributed by atoms with Crippen molar-refractivity contribution in [2.24, 2.45) is 28.6 Å². The summed E-state index contributed by atoms with van der Waals surface area (Å²) in [5, 5.41) is 21.6. The SMILES string of the molecule is CCCOC(=O)OC1(C(=O)O)CC[C@H]2[C@@H]3CCC4=C=CCC[C@]4(C)[C@@H]3C(O)C[C@@]21C. The van der Waals surface area contributed by atoms with Crippen molar-refractivity contribution >= 4 is 12.1 Å². The van der Waals surface area contributed by atoms with Crippen molar-refractivity contribution in [3.05, 3.63) is 17.4 Å². The molecule has 0 amide bonds. The molecule has 0 aromatic carbocycles. The summed E-state index contributed by atoms with van der Waals surface area (Å²) in [6.45, 7) is 6.23. The van der Waals surface area contributed by atoms with E-state index in [2.05, 4.69) is 18.7 Å². The van der Waals surface area contributed by atoms with Crippen molar-refractivity contribution in [2.45, 2.75) is 83.8 Å². The maximum Gasteiger partial charge on any atom is 0.509 e. The van der Waals surface area contributed by atoms with E-state index < -0.39 is 29.2 Å². The van der Waals surface area contributed by atoms with Crippen molar-refractivity contribution in [2.75, 3.05) is 6.61 Å². The Hall–Kier alpha value is -1.78. The van der Waals surface area contributed by atoms with Crippen molar-refractivity contribution in [3.8, 4) is 0 Å². The van der Waals surface area contributed by atoms with Crippen molar-refractivity contribution in [3.63, 3.8) is 0 Å². The summed E-state index contributed by atoms with van der Waals surface area (Å²) in [6, 6.07) is 0. The van der Waals surface area contributed by atoms with E-state index in [1.165, 1.54) is 5.57 Å². The van der Waals surface area contributed by atoms with E-state index in [0.29, 0.717) is 19.3 Å². The number of carbonyl (C=O) groups is 2. The number of hydrogen-bond acceptors (Lipinski definition) is 5. The Morgan fingerprint density at radius 2 is 2.03 bits per heavy atom. The first-order valence-electron chi connectivity index (χ1n) is 11.4. The number of ether oxygens (including phenoxy) is 2. The van der Waals surface area contributed by atoms with Gasteiger partial charge in [0.2, 0.25) is 5.60 Å². The van der Waals surface area contributed by atoms with Crippen LogP contribution in [0.4, 0.5) is 4.79 Å². The van der Waals surface area contributed by atoms with Gasteiger partial charge in [-0.2, -0.15) is 0 Å².